The minimum Gasteiger partial charge on any atom is -0.444 e. The van der Waals surface area contributed by atoms with Crippen molar-refractivity contribution in [2.75, 3.05) is 5.32 Å². The second-order valence-corrected chi connectivity index (χ2v) is 5.21. The van der Waals surface area contributed by atoms with Crippen LogP contribution in [-0.4, -0.2) is 10.5 Å². The number of anilines is 1. The summed E-state index contributed by atoms with van der Waals surface area (Å²) in [5, 5.41) is 11.7. The summed E-state index contributed by atoms with van der Waals surface area (Å²) in [6.45, 7) is 7.08. The Hall–Kier alpha value is -2.81. The van der Waals surface area contributed by atoms with Crippen molar-refractivity contribution in [2.45, 2.75) is 34.2 Å². The summed E-state index contributed by atoms with van der Waals surface area (Å²) < 4.78 is 7.14. The number of hydrogen-bond acceptors (Lipinski definition) is 4. The number of nitriles is 1. The SMILES string of the molecule is Cc1oc(NC(=O)Cn2c(C)cc(=O)cc2C)c(C#N)c1C. The predicted octanol–water partition coefficient (Wildman–Crippen LogP) is 2.19. The van der Waals surface area contributed by atoms with Gasteiger partial charge in [0.05, 0.1) is 0 Å². The summed E-state index contributed by atoms with van der Waals surface area (Å²) in [5.74, 6) is 0.446. The highest BCUT2D eigenvalue weighted by Crippen LogP contribution is 2.25. The number of rotatable bonds is 3. The van der Waals surface area contributed by atoms with Crippen molar-refractivity contribution < 1.29 is 9.21 Å². The predicted molar refractivity (Wildman–Crippen MR) is 81.7 cm³/mol. The van der Waals surface area contributed by atoms with E-state index < -0.39 is 0 Å². The molecular weight excluding hydrogens is 282 g/mol. The number of carbonyl (C=O) groups is 1. The first-order valence-electron chi connectivity index (χ1n) is 6.81. The minimum atomic E-state index is -0.319. The molecule has 2 aromatic heterocycles. The van der Waals surface area contributed by atoms with Crippen molar-refractivity contribution in [1.82, 2.24) is 4.57 Å². The van der Waals surface area contributed by atoms with Crippen molar-refractivity contribution in [3.63, 3.8) is 0 Å². The van der Waals surface area contributed by atoms with Crippen molar-refractivity contribution in [2.24, 2.45) is 0 Å². The lowest BCUT2D eigenvalue weighted by atomic mass is 10.2. The van der Waals surface area contributed by atoms with E-state index in [-0.39, 0.29) is 23.8 Å². The van der Waals surface area contributed by atoms with Gasteiger partial charge in [-0.2, -0.15) is 5.26 Å². The maximum Gasteiger partial charge on any atom is 0.246 e. The Kier molecular flexibility index (Phi) is 4.18. The molecule has 1 amide bonds. The van der Waals surface area contributed by atoms with Gasteiger partial charge in [-0.15, -0.1) is 0 Å². The number of furan rings is 1. The second kappa shape index (κ2) is 5.90. The lowest BCUT2D eigenvalue weighted by molar-refractivity contribution is -0.116. The molecule has 22 heavy (non-hydrogen) atoms. The third-order valence-corrected chi connectivity index (χ3v) is 3.61. The summed E-state index contributed by atoms with van der Waals surface area (Å²) in [7, 11) is 0. The lowest BCUT2D eigenvalue weighted by Gasteiger charge is -2.13. The number of amides is 1. The Morgan fingerprint density at radius 3 is 2.41 bits per heavy atom. The Balaban J connectivity index is 2.24. The van der Waals surface area contributed by atoms with E-state index in [1.54, 1.807) is 32.3 Å². The number of nitrogens with zero attached hydrogens (tertiary/aromatic N) is 2. The number of carbonyl (C=O) groups excluding carboxylic acids is 1. The normalized spacial score (nSPS) is 10.3. The van der Waals surface area contributed by atoms with Crippen LogP contribution in [0, 0.1) is 39.0 Å². The number of aryl methyl sites for hydroxylation is 3. The van der Waals surface area contributed by atoms with E-state index in [2.05, 4.69) is 5.32 Å². The Morgan fingerprint density at radius 1 is 1.27 bits per heavy atom. The van der Waals surface area contributed by atoms with Gasteiger partial charge in [-0.25, -0.2) is 0 Å². The number of pyridine rings is 1. The van der Waals surface area contributed by atoms with Gasteiger partial charge in [-0.1, -0.05) is 0 Å². The van der Waals surface area contributed by atoms with Crippen LogP contribution in [0.5, 0.6) is 0 Å². The van der Waals surface area contributed by atoms with E-state index in [1.807, 2.05) is 6.07 Å². The molecule has 0 fully saturated rings. The van der Waals surface area contributed by atoms with Crippen LogP contribution in [0.25, 0.3) is 0 Å². The van der Waals surface area contributed by atoms with Gasteiger partial charge >= 0.3 is 0 Å². The Morgan fingerprint density at radius 2 is 1.86 bits per heavy atom. The molecule has 6 nitrogen and oxygen atoms in total. The third kappa shape index (κ3) is 2.93. The highest BCUT2D eigenvalue weighted by Gasteiger charge is 2.17. The molecular formula is C16H17N3O3. The standard InChI is InChI=1S/C16H17N3O3/c1-9-5-13(20)6-10(2)19(9)8-15(21)18-16-14(7-17)11(3)12(4)22-16/h5-6H,8H2,1-4H3,(H,18,21). The minimum absolute atomic E-state index is 0.0433. The molecule has 0 unspecified atom stereocenters. The van der Waals surface area contributed by atoms with E-state index in [1.165, 1.54) is 12.1 Å². The zero-order chi connectivity index (χ0) is 16.4. The smallest absolute Gasteiger partial charge is 0.246 e. The first-order valence-corrected chi connectivity index (χ1v) is 6.81. The van der Waals surface area contributed by atoms with Crippen LogP contribution in [0.3, 0.4) is 0 Å². The fourth-order valence-corrected chi connectivity index (χ4v) is 2.30. The van der Waals surface area contributed by atoms with E-state index in [0.717, 1.165) is 0 Å². The average molecular weight is 299 g/mol. The van der Waals surface area contributed by atoms with Crippen LogP contribution < -0.4 is 10.7 Å². The van der Waals surface area contributed by atoms with Gasteiger partial charge in [0.15, 0.2) is 5.43 Å². The fourth-order valence-electron chi connectivity index (χ4n) is 2.30. The molecule has 0 aliphatic carbocycles. The quantitative estimate of drug-likeness (QED) is 0.941. The molecule has 0 aromatic carbocycles. The summed E-state index contributed by atoms with van der Waals surface area (Å²) in [6.07, 6.45) is 0. The number of hydrogen-bond donors (Lipinski definition) is 1. The van der Waals surface area contributed by atoms with Gasteiger partial charge in [0.1, 0.15) is 23.9 Å². The van der Waals surface area contributed by atoms with Crippen LogP contribution in [0.15, 0.2) is 21.3 Å². The summed E-state index contributed by atoms with van der Waals surface area (Å²) in [4.78, 5) is 23.6. The van der Waals surface area contributed by atoms with Crippen LogP contribution in [0.2, 0.25) is 0 Å². The molecule has 0 atom stereocenters. The molecule has 0 saturated heterocycles. The monoisotopic (exact) mass is 299 g/mol. The van der Waals surface area contributed by atoms with Crippen molar-refractivity contribution in [3.05, 3.63) is 50.6 Å². The van der Waals surface area contributed by atoms with Crippen LogP contribution in [0.1, 0.15) is 28.3 Å². The molecule has 0 bridgehead atoms. The second-order valence-electron chi connectivity index (χ2n) is 5.21. The molecule has 0 aliphatic heterocycles. The summed E-state index contributed by atoms with van der Waals surface area (Å²) >= 11 is 0. The molecule has 2 aromatic rings. The van der Waals surface area contributed by atoms with E-state index in [4.69, 9.17) is 9.68 Å². The molecule has 0 radical (unpaired) electrons. The number of nitrogens with one attached hydrogen (secondary N) is 1. The van der Waals surface area contributed by atoms with Gasteiger partial charge in [0, 0.05) is 29.1 Å². The maximum atomic E-state index is 12.2. The van der Waals surface area contributed by atoms with Gasteiger partial charge < -0.3 is 8.98 Å². The van der Waals surface area contributed by atoms with Gasteiger partial charge in [-0.3, -0.25) is 14.9 Å². The molecule has 114 valence electrons. The fraction of sp³-hybridized carbons (Fsp3) is 0.312. The van der Waals surface area contributed by atoms with Crippen molar-refractivity contribution in [3.8, 4) is 6.07 Å². The third-order valence-electron chi connectivity index (χ3n) is 3.61. The van der Waals surface area contributed by atoms with Crippen LogP contribution >= 0.6 is 0 Å². The largest absolute Gasteiger partial charge is 0.444 e. The molecule has 2 rings (SSSR count). The summed E-state index contributed by atoms with van der Waals surface area (Å²) in [5.41, 5.74) is 2.36. The molecule has 1 N–H and O–H groups in total. The van der Waals surface area contributed by atoms with E-state index >= 15 is 0 Å². The molecule has 0 spiro atoms. The Bertz CT molecular complexity index is 811. The lowest BCUT2D eigenvalue weighted by Crippen LogP contribution is -2.23. The van der Waals surface area contributed by atoms with E-state index in [9.17, 15) is 9.59 Å². The van der Waals surface area contributed by atoms with Crippen LogP contribution in [-0.2, 0) is 11.3 Å². The van der Waals surface area contributed by atoms with Gasteiger partial charge in [0.2, 0.25) is 11.8 Å². The zero-order valence-corrected chi connectivity index (χ0v) is 13.0. The highest BCUT2D eigenvalue weighted by atomic mass is 16.4. The topological polar surface area (TPSA) is 88.0 Å². The first kappa shape index (κ1) is 15.6. The zero-order valence-electron chi connectivity index (χ0n) is 13.0. The molecule has 2 heterocycles. The van der Waals surface area contributed by atoms with Gasteiger partial charge in [0.25, 0.3) is 0 Å². The number of aromatic nitrogens is 1. The van der Waals surface area contributed by atoms with Crippen molar-refractivity contribution in [1.29, 1.82) is 5.26 Å². The van der Waals surface area contributed by atoms with Gasteiger partial charge in [-0.05, 0) is 27.7 Å². The van der Waals surface area contributed by atoms with E-state index in [0.29, 0.717) is 28.3 Å². The first-order chi connectivity index (χ1) is 10.3. The highest BCUT2D eigenvalue weighted by molar-refractivity contribution is 5.90. The molecule has 6 heteroatoms. The summed E-state index contributed by atoms with van der Waals surface area (Å²) in [6, 6.07) is 4.98. The molecule has 0 saturated carbocycles. The Labute approximate surface area is 128 Å². The van der Waals surface area contributed by atoms with Crippen molar-refractivity contribution >= 4 is 11.8 Å². The maximum absolute atomic E-state index is 12.2. The average Bonchev–Trinajstić information content (AvgIpc) is 2.68. The van der Waals surface area contributed by atoms with Crippen LogP contribution in [0.4, 0.5) is 5.88 Å². The molecule has 0 aliphatic rings.